The first-order valence-corrected chi connectivity index (χ1v) is 5.99. The number of benzene rings is 1. The van der Waals surface area contributed by atoms with Gasteiger partial charge in [-0.15, -0.1) is 0 Å². The summed E-state index contributed by atoms with van der Waals surface area (Å²) in [6, 6.07) is 4.58. The molecule has 18 heavy (non-hydrogen) atoms. The molecule has 96 valence electrons. The number of aliphatic hydroxyl groups is 1. The number of para-hydroxylation sites is 1. The fourth-order valence-electron chi connectivity index (χ4n) is 1.93. The Bertz CT molecular complexity index is 593. The van der Waals surface area contributed by atoms with E-state index < -0.39 is 11.9 Å². The van der Waals surface area contributed by atoms with Crippen LogP contribution in [0, 0.1) is 19.7 Å². The molecule has 0 aliphatic carbocycles. The van der Waals surface area contributed by atoms with Gasteiger partial charge in [0.25, 0.3) is 0 Å². The molecule has 0 radical (unpaired) electrons. The second kappa shape index (κ2) is 4.71. The first kappa shape index (κ1) is 13.1. The fourth-order valence-corrected chi connectivity index (χ4v) is 2.05. The smallest absolute Gasteiger partial charge is 0.149 e. The van der Waals surface area contributed by atoms with Crippen LogP contribution in [0.2, 0.25) is 5.02 Å². The number of rotatable bonds is 2. The lowest BCUT2D eigenvalue weighted by Crippen LogP contribution is -2.08. The second-order valence-corrected chi connectivity index (χ2v) is 4.63. The van der Waals surface area contributed by atoms with Gasteiger partial charge >= 0.3 is 0 Å². The maximum absolute atomic E-state index is 14.0. The van der Waals surface area contributed by atoms with Crippen molar-refractivity contribution in [3.8, 4) is 5.69 Å². The average molecular weight is 269 g/mol. The average Bonchev–Trinajstić information content (AvgIpc) is 2.56. The molecule has 1 heterocycles. The summed E-state index contributed by atoms with van der Waals surface area (Å²) >= 11 is 6.06. The van der Waals surface area contributed by atoms with Gasteiger partial charge < -0.3 is 5.11 Å². The molecule has 0 saturated heterocycles. The third-order valence-corrected chi connectivity index (χ3v) is 3.43. The third kappa shape index (κ3) is 2.02. The maximum atomic E-state index is 14.0. The molecule has 1 N–H and O–H groups in total. The zero-order valence-electron chi connectivity index (χ0n) is 10.4. The lowest BCUT2D eigenvalue weighted by molar-refractivity contribution is 0.198. The van der Waals surface area contributed by atoms with Gasteiger partial charge in [0.15, 0.2) is 0 Å². The summed E-state index contributed by atoms with van der Waals surface area (Å²) in [5, 5.41) is 14.4. The number of hydrogen-bond donors (Lipinski definition) is 1. The van der Waals surface area contributed by atoms with E-state index in [2.05, 4.69) is 5.10 Å². The van der Waals surface area contributed by atoms with Gasteiger partial charge in [-0.3, -0.25) is 0 Å². The van der Waals surface area contributed by atoms with Crippen molar-refractivity contribution < 1.29 is 9.50 Å². The van der Waals surface area contributed by atoms with Crippen molar-refractivity contribution in [1.29, 1.82) is 0 Å². The summed E-state index contributed by atoms with van der Waals surface area (Å²) in [7, 11) is 0. The minimum Gasteiger partial charge on any atom is -0.389 e. The molecule has 0 fully saturated rings. The van der Waals surface area contributed by atoms with Crippen molar-refractivity contribution in [2.24, 2.45) is 0 Å². The molecular formula is C13H14ClFN2O. The van der Waals surface area contributed by atoms with Crippen LogP contribution in [0.25, 0.3) is 5.69 Å². The molecule has 0 saturated carbocycles. The van der Waals surface area contributed by atoms with Crippen LogP contribution < -0.4 is 0 Å². The highest BCUT2D eigenvalue weighted by Crippen LogP contribution is 2.28. The number of aromatic nitrogens is 2. The Morgan fingerprint density at radius 2 is 2.06 bits per heavy atom. The molecule has 0 amide bonds. The molecule has 2 rings (SSSR count). The van der Waals surface area contributed by atoms with Crippen molar-refractivity contribution >= 4 is 11.6 Å². The molecule has 0 spiro atoms. The molecule has 0 aliphatic rings. The van der Waals surface area contributed by atoms with Crippen LogP contribution in [0.15, 0.2) is 18.2 Å². The van der Waals surface area contributed by atoms with Crippen LogP contribution in [0.3, 0.4) is 0 Å². The zero-order chi connectivity index (χ0) is 13.4. The largest absolute Gasteiger partial charge is 0.389 e. The Labute approximate surface area is 110 Å². The summed E-state index contributed by atoms with van der Waals surface area (Å²) < 4.78 is 15.4. The third-order valence-electron chi connectivity index (χ3n) is 2.88. The van der Waals surface area contributed by atoms with E-state index in [1.807, 2.05) is 0 Å². The van der Waals surface area contributed by atoms with Gasteiger partial charge in [-0.05, 0) is 26.8 Å². The van der Waals surface area contributed by atoms with Crippen molar-refractivity contribution in [2.45, 2.75) is 26.9 Å². The van der Waals surface area contributed by atoms with Crippen molar-refractivity contribution in [3.05, 3.63) is 46.0 Å². The van der Waals surface area contributed by atoms with Gasteiger partial charge in [0.2, 0.25) is 0 Å². The van der Waals surface area contributed by atoms with Crippen molar-refractivity contribution in [3.63, 3.8) is 0 Å². The second-order valence-electron chi connectivity index (χ2n) is 4.25. The Hall–Kier alpha value is -1.39. The molecule has 1 aromatic carbocycles. The number of aliphatic hydroxyl groups excluding tert-OH is 1. The van der Waals surface area contributed by atoms with Crippen LogP contribution in [-0.4, -0.2) is 14.9 Å². The predicted octanol–water partition coefficient (Wildman–Crippen LogP) is 3.33. The first-order chi connectivity index (χ1) is 8.43. The van der Waals surface area contributed by atoms with E-state index in [0.717, 1.165) is 0 Å². The summed E-state index contributed by atoms with van der Waals surface area (Å²) in [6.45, 7) is 5.11. The molecule has 5 heteroatoms. The topological polar surface area (TPSA) is 38.0 Å². The molecule has 0 unspecified atom stereocenters. The number of aryl methyl sites for hydroxylation is 1. The van der Waals surface area contributed by atoms with E-state index in [-0.39, 0.29) is 5.69 Å². The van der Waals surface area contributed by atoms with Crippen molar-refractivity contribution in [1.82, 2.24) is 9.78 Å². The molecule has 2 aromatic rings. The van der Waals surface area contributed by atoms with Gasteiger partial charge in [-0.2, -0.15) is 5.10 Å². The standard InChI is InChI=1S/C13H14ClFN2O/c1-7-12(14)8(2)17(16-7)13-10(9(3)18)5-4-6-11(13)15/h4-6,9,18H,1-3H3/t9-/m0/s1. The van der Waals surface area contributed by atoms with Crippen LogP contribution in [0.4, 0.5) is 4.39 Å². The molecule has 3 nitrogen and oxygen atoms in total. The lowest BCUT2D eigenvalue weighted by Gasteiger charge is -2.14. The van der Waals surface area contributed by atoms with E-state index in [1.165, 1.54) is 10.7 Å². The van der Waals surface area contributed by atoms with Gasteiger partial charge in [-0.1, -0.05) is 23.7 Å². The maximum Gasteiger partial charge on any atom is 0.149 e. The molecule has 1 aromatic heterocycles. The number of halogens is 2. The Morgan fingerprint density at radius 3 is 2.56 bits per heavy atom. The van der Waals surface area contributed by atoms with E-state index in [9.17, 15) is 9.50 Å². The van der Waals surface area contributed by atoms with Gasteiger partial charge in [0, 0.05) is 5.56 Å². The van der Waals surface area contributed by atoms with Gasteiger partial charge in [0.05, 0.1) is 22.5 Å². The highest BCUT2D eigenvalue weighted by molar-refractivity contribution is 6.31. The summed E-state index contributed by atoms with van der Waals surface area (Å²) in [6.07, 6.45) is -0.779. The van der Waals surface area contributed by atoms with Crippen LogP contribution in [0.1, 0.15) is 30.0 Å². The molecule has 0 aliphatic heterocycles. The highest BCUT2D eigenvalue weighted by atomic mass is 35.5. The molecular weight excluding hydrogens is 255 g/mol. The monoisotopic (exact) mass is 268 g/mol. The van der Waals surface area contributed by atoms with Gasteiger partial charge in [-0.25, -0.2) is 9.07 Å². The van der Waals surface area contributed by atoms with Crippen molar-refractivity contribution in [2.75, 3.05) is 0 Å². The van der Waals surface area contributed by atoms with E-state index in [1.54, 1.807) is 32.9 Å². The number of nitrogens with zero attached hydrogens (tertiary/aromatic N) is 2. The Kier molecular flexibility index (Phi) is 3.41. The quantitative estimate of drug-likeness (QED) is 0.907. The van der Waals surface area contributed by atoms with E-state index in [0.29, 0.717) is 22.0 Å². The lowest BCUT2D eigenvalue weighted by atomic mass is 10.1. The van der Waals surface area contributed by atoms with Crippen LogP contribution in [0.5, 0.6) is 0 Å². The van der Waals surface area contributed by atoms with E-state index >= 15 is 0 Å². The van der Waals surface area contributed by atoms with Crippen LogP contribution >= 0.6 is 11.6 Å². The van der Waals surface area contributed by atoms with Gasteiger partial charge in [0.1, 0.15) is 11.5 Å². The minimum absolute atomic E-state index is 0.250. The molecule has 0 bridgehead atoms. The molecule has 1 atom stereocenters. The Morgan fingerprint density at radius 1 is 1.39 bits per heavy atom. The zero-order valence-corrected chi connectivity index (χ0v) is 11.2. The fraction of sp³-hybridized carbons (Fsp3) is 0.308. The summed E-state index contributed by atoms with van der Waals surface area (Å²) in [5.74, 6) is -0.435. The summed E-state index contributed by atoms with van der Waals surface area (Å²) in [5.41, 5.74) is 2.02. The normalized spacial score (nSPS) is 12.8. The summed E-state index contributed by atoms with van der Waals surface area (Å²) in [4.78, 5) is 0. The van der Waals surface area contributed by atoms with Crippen LogP contribution in [-0.2, 0) is 0 Å². The number of hydrogen-bond acceptors (Lipinski definition) is 2. The first-order valence-electron chi connectivity index (χ1n) is 5.62. The highest BCUT2D eigenvalue weighted by Gasteiger charge is 2.19. The Balaban J connectivity index is 2.74. The predicted molar refractivity (Wildman–Crippen MR) is 68.6 cm³/mol. The van der Waals surface area contributed by atoms with E-state index in [4.69, 9.17) is 11.6 Å². The minimum atomic E-state index is -0.779. The SMILES string of the molecule is Cc1nn(-c2c(F)cccc2[C@H](C)O)c(C)c1Cl.